The van der Waals surface area contributed by atoms with Gasteiger partial charge in [-0.05, 0) is 36.2 Å². The summed E-state index contributed by atoms with van der Waals surface area (Å²) in [4.78, 5) is 28.9. The summed E-state index contributed by atoms with van der Waals surface area (Å²) < 4.78 is 0. The fraction of sp³-hybridized carbons (Fsp3) is 0.148. The van der Waals surface area contributed by atoms with Crippen LogP contribution in [0, 0.1) is 6.92 Å². The van der Waals surface area contributed by atoms with Gasteiger partial charge in [-0.15, -0.1) is 0 Å². The molecule has 0 fully saturated rings. The maximum atomic E-state index is 13.4. The zero-order valence-electron chi connectivity index (χ0n) is 18.3. The van der Waals surface area contributed by atoms with E-state index in [2.05, 4.69) is 10.1 Å². The van der Waals surface area contributed by atoms with Gasteiger partial charge in [0.15, 0.2) is 0 Å². The van der Waals surface area contributed by atoms with Crippen molar-refractivity contribution in [2.75, 3.05) is 0 Å². The van der Waals surface area contributed by atoms with Crippen molar-refractivity contribution in [2.45, 2.75) is 26.3 Å². The fourth-order valence-corrected chi connectivity index (χ4v) is 4.62. The number of hydrogen-bond acceptors (Lipinski definition) is 3. The van der Waals surface area contributed by atoms with E-state index in [1.165, 1.54) is 11.9 Å². The third-order valence-electron chi connectivity index (χ3n) is 6.02. The van der Waals surface area contributed by atoms with Gasteiger partial charge < -0.3 is 4.98 Å². The summed E-state index contributed by atoms with van der Waals surface area (Å²) in [5, 5.41) is 7.55. The van der Waals surface area contributed by atoms with Crippen LogP contribution in [0.5, 0.6) is 0 Å². The Morgan fingerprint density at radius 2 is 1.76 bits per heavy atom. The summed E-state index contributed by atoms with van der Waals surface area (Å²) >= 11 is 6.34. The average molecular weight is 456 g/mol. The fourth-order valence-electron chi connectivity index (χ4n) is 4.45. The van der Waals surface area contributed by atoms with Crippen molar-refractivity contribution >= 4 is 34.1 Å². The van der Waals surface area contributed by atoms with Crippen molar-refractivity contribution < 1.29 is 4.79 Å². The lowest BCUT2D eigenvalue weighted by Crippen LogP contribution is -2.24. The Kier molecular flexibility index (Phi) is 5.35. The average Bonchev–Trinajstić information content (AvgIpc) is 3.25. The van der Waals surface area contributed by atoms with E-state index in [9.17, 15) is 9.59 Å². The summed E-state index contributed by atoms with van der Waals surface area (Å²) in [7, 11) is 0. The van der Waals surface area contributed by atoms with Crippen LogP contribution in [0.4, 0.5) is 0 Å². The Balaban J connectivity index is 1.74. The van der Waals surface area contributed by atoms with E-state index in [0.29, 0.717) is 28.2 Å². The van der Waals surface area contributed by atoms with E-state index >= 15 is 0 Å². The molecule has 0 saturated heterocycles. The molecule has 5 nitrogen and oxygen atoms in total. The van der Waals surface area contributed by atoms with Crippen molar-refractivity contribution in [3.63, 3.8) is 0 Å². The number of nitrogens with one attached hydrogen (secondary N) is 1. The summed E-state index contributed by atoms with van der Waals surface area (Å²) in [6.07, 6.45) is 0.442. The largest absolute Gasteiger partial charge is 0.321 e. The van der Waals surface area contributed by atoms with Crippen LogP contribution in [0.3, 0.4) is 0 Å². The third-order valence-corrected chi connectivity index (χ3v) is 6.26. The van der Waals surface area contributed by atoms with Crippen molar-refractivity contribution in [2.24, 2.45) is 5.10 Å². The van der Waals surface area contributed by atoms with Gasteiger partial charge in [0, 0.05) is 34.8 Å². The van der Waals surface area contributed by atoms with Gasteiger partial charge in [0.25, 0.3) is 5.56 Å². The van der Waals surface area contributed by atoms with Crippen molar-refractivity contribution in [1.82, 2.24) is 9.99 Å². The van der Waals surface area contributed by atoms with Crippen LogP contribution in [-0.4, -0.2) is 21.6 Å². The SMILES string of the molecule is CC(=O)N1N=C(c2c(-c3ccccc3)c3cc(Cl)ccc3[nH]c2=O)CC1c1ccc(C)cc1. The molecule has 0 bridgehead atoms. The molecule has 4 aromatic rings. The van der Waals surface area contributed by atoms with Crippen LogP contribution >= 0.6 is 11.6 Å². The number of halogens is 1. The minimum absolute atomic E-state index is 0.169. The normalized spacial score (nSPS) is 15.7. The molecule has 0 radical (unpaired) electrons. The molecule has 1 unspecified atom stereocenters. The van der Waals surface area contributed by atoms with Crippen molar-refractivity contribution in [1.29, 1.82) is 0 Å². The zero-order valence-corrected chi connectivity index (χ0v) is 19.1. The van der Waals surface area contributed by atoms with Gasteiger partial charge in [0.1, 0.15) is 0 Å². The number of aromatic nitrogens is 1. The van der Waals surface area contributed by atoms with Gasteiger partial charge in [-0.25, -0.2) is 5.01 Å². The number of rotatable bonds is 3. The summed E-state index contributed by atoms with van der Waals surface area (Å²) in [6.45, 7) is 3.52. The number of fused-ring (bicyclic) bond motifs is 1. The molecule has 0 spiro atoms. The second-order valence-corrected chi connectivity index (χ2v) is 8.74. The number of amides is 1. The predicted octanol–water partition coefficient (Wildman–Crippen LogP) is 5.85. The van der Waals surface area contributed by atoms with Gasteiger partial charge >= 0.3 is 0 Å². The first-order chi connectivity index (χ1) is 15.9. The minimum Gasteiger partial charge on any atom is -0.321 e. The van der Waals surface area contributed by atoms with Crippen LogP contribution in [-0.2, 0) is 4.79 Å². The highest BCUT2D eigenvalue weighted by Crippen LogP contribution is 2.37. The van der Waals surface area contributed by atoms with Crippen LogP contribution < -0.4 is 5.56 Å². The van der Waals surface area contributed by atoms with E-state index < -0.39 is 0 Å². The third kappa shape index (κ3) is 3.85. The molecular formula is C27H22ClN3O2. The highest BCUT2D eigenvalue weighted by atomic mass is 35.5. The van der Waals surface area contributed by atoms with E-state index in [0.717, 1.165) is 27.6 Å². The highest BCUT2D eigenvalue weighted by Gasteiger charge is 2.34. The number of nitrogens with zero attached hydrogens (tertiary/aromatic N) is 2. The van der Waals surface area contributed by atoms with Gasteiger partial charge in [-0.3, -0.25) is 9.59 Å². The Labute approximate surface area is 196 Å². The van der Waals surface area contributed by atoms with Crippen molar-refractivity contribution in [3.05, 3.63) is 105 Å². The highest BCUT2D eigenvalue weighted by molar-refractivity contribution is 6.31. The summed E-state index contributed by atoms with van der Waals surface area (Å²) in [5.41, 5.74) is 5.29. The molecule has 2 heterocycles. The van der Waals surface area contributed by atoms with E-state index in [1.807, 2.05) is 73.7 Å². The standard InChI is InChI=1S/C27H22ClN3O2/c1-16-8-10-18(11-9-16)24-15-23(30-31(24)17(2)32)26-25(19-6-4-3-5-7-19)21-14-20(28)12-13-22(21)29-27(26)33/h3-14,24H,15H2,1-2H3,(H,29,33). The summed E-state index contributed by atoms with van der Waals surface area (Å²) in [5.74, 6) is -0.169. The number of aromatic amines is 1. The Bertz CT molecular complexity index is 1460. The number of pyridine rings is 1. The molecule has 1 atom stereocenters. The first kappa shape index (κ1) is 21.2. The van der Waals surface area contributed by atoms with E-state index in [-0.39, 0.29) is 17.5 Å². The number of H-pyrrole nitrogens is 1. The van der Waals surface area contributed by atoms with E-state index in [1.54, 1.807) is 6.07 Å². The molecule has 1 aliphatic rings. The summed E-state index contributed by atoms with van der Waals surface area (Å²) in [6, 6.07) is 23.0. The topological polar surface area (TPSA) is 65.5 Å². The van der Waals surface area contributed by atoms with Crippen LogP contribution in [0.25, 0.3) is 22.0 Å². The lowest BCUT2D eigenvalue weighted by molar-refractivity contribution is -0.130. The molecular weight excluding hydrogens is 434 g/mol. The molecule has 3 aromatic carbocycles. The van der Waals surface area contributed by atoms with Crippen molar-refractivity contribution in [3.8, 4) is 11.1 Å². The number of carbonyl (C=O) groups is 1. The quantitative estimate of drug-likeness (QED) is 0.420. The Morgan fingerprint density at radius 3 is 2.45 bits per heavy atom. The Hall–Kier alpha value is -3.70. The second kappa shape index (κ2) is 8.34. The lowest BCUT2D eigenvalue weighted by Gasteiger charge is -2.20. The molecule has 1 N–H and O–H groups in total. The molecule has 6 heteroatoms. The van der Waals surface area contributed by atoms with Gasteiger partial charge in [-0.2, -0.15) is 5.10 Å². The van der Waals surface area contributed by atoms with Crippen LogP contribution in [0.1, 0.15) is 36.1 Å². The number of hydrogen-bond donors (Lipinski definition) is 1. The Morgan fingerprint density at radius 1 is 1.03 bits per heavy atom. The number of benzene rings is 3. The van der Waals surface area contributed by atoms with Gasteiger partial charge in [0.05, 0.1) is 17.3 Å². The second-order valence-electron chi connectivity index (χ2n) is 8.30. The maximum Gasteiger partial charge on any atom is 0.258 e. The smallest absolute Gasteiger partial charge is 0.258 e. The molecule has 0 saturated carbocycles. The molecule has 33 heavy (non-hydrogen) atoms. The molecule has 1 aliphatic heterocycles. The molecule has 1 amide bonds. The number of carbonyl (C=O) groups excluding carboxylic acids is 1. The first-order valence-corrected chi connectivity index (χ1v) is 11.2. The first-order valence-electron chi connectivity index (χ1n) is 10.8. The van der Waals surface area contributed by atoms with Crippen LogP contribution in [0.15, 0.2) is 82.7 Å². The molecule has 5 rings (SSSR count). The van der Waals surface area contributed by atoms with E-state index in [4.69, 9.17) is 11.6 Å². The predicted molar refractivity (Wildman–Crippen MR) is 133 cm³/mol. The minimum atomic E-state index is -0.267. The molecule has 164 valence electrons. The zero-order chi connectivity index (χ0) is 23.1. The number of aryl methyl sites for hydroxylation is 1. The number of hydrazone groups is 1. The lowest BCUT2D eigenvalue weighted by atomic mass is 9.91. The van der Waals surface area contributed by atoms with Gasteiger partial charge in [-0.1, -0.05) is 71.8 Å². The van der Waals surface area contributed by atoms with Gasteiger partial charge in [0.2, 0.25) is 5.91 Å². The monoisotopic (exact) mass is 455 g/mol. The molecule has 0 aliphatic carbocycles. The molecule has 1 aromatic heterocycles. The maximum absolute atomic E-state index is 13.4. The van der Waals surface area contributed by atoms with Crippen LogP contribution in [0.2, 0.25) is 5.02 Å².